The number of para-hydroxylation sites is 1. The van der Waals surface area contributed by atoms with Crippen LogP contribution in [0.2, 0.25) is 0 Å². The van der Waals surface area contributed by atoms with E-state index in [-0.39, 0.29) is 36.4 Å². The first-order valence-electron chi connectivity index (χ1n) is 9.87. The van der Waals surface area contributed by atoms with Gasteiger partial charge in [-0.2, -0.15) is 0 Å². The van der Waals surface area contributed by atoms with Gasteiger partial charge in [-0.25, -0.2) is 4.39 Å². The van der Waals surface area contributed by atoms with Crippen LogP contribution < -0.4 is 4.90 Å². The quantitative estimate of drug-likeness (QED) is 0.723. The molecule has 4 rings (SSSR count). The van der Waals surface area contributed by atoms with Crippen LogP contribution in [0.15, 0.2) is 53.2 Å². The van der Waals surface area contributed by atoms with Crippen LogP contribution >= 0.6 is 0 Å². The van der Waals surface area contributed by atoms with Crippen molar-refractivity contribution in [3.63, 3.8) is 0 Å². The summed E-state index contributed by atoms with van der Waals surface area (Å²) in [5.74, 6) is -0.898. The Balaban J connectivity index is 1.32. The average Bonchev–Trinajstić information content (AvgIpc) is 3.42. The van der Waals surface area contributed by atoms with Gasteiger partial charge < -0.3 is 19.1 Å². The Morgan fingerprint density at radius 3 is 2.47 bits per heavy atom. The Morgan fingerprint density at radius 2 is 1.77 bits per heavy atom. The van der Waals surface area contributed by atoms with Crippen molar-refractivity contribution in [2.24, 2.45) is 5.92 Å². The Morgan fingerprint density at radius 1 is 1.03 bits per heavy atom. The highest BCUT2D eigenvalue weighted by atomic mass is 19.1. The standard InChI is InChI=1S/C22H22FN3O4/c23-18-5-1-2-6-19(18)26-15-16(14-21(26)28)22(29)25-11-9-24(10-12-25)20(27)8-7-17-4-3-13-30-17/h1-8,13,16H,9-12,14-15H2/b8-7+/t16-/m1/s1. The molecule has 3 heterocycles. The summed E-state index contributed by atoms with van der Waals surface area (Å²) in [6.07, 6.45) is 4.67. The number of hydrogen-bond donors (Lipinski definition) is 0. The summed E-state index contributed by atoms with van der Waals surface area (Å²) in [5.41, 5.74) is 0.205. The second-order valence-electron chi connectivity index (χ2n) is 7.36. The third-order valence-corrected chi connectivity index (χ3v) is 5.45. The minimum Gasteiger partial charge on any atom is -0.465 e. The van der Waals surface area contributed by atoms with E-state index in [1.807, 2.05) is 0 Å². The number of halogens is 1. The van der Waals surface area contributed by atoms with Gasteiger partial charge in [0.05, 0.1) is 17.9 Å². The molecule has 8 heteroatoms. The number of anilines is 1. The molecule has 2 saturated heterocycles. The van der Waals surface area contributed by atoms with Crippen LogP contribution in [0.25, 0.3) is 6.08 Å². The van der Waals surface area contributed by atoms with Crippen LogP contribution in [0.1, 0.15) is 12.2 Å². The van der Waals surface area contributed by atoms with Crippen molar-refractivity contribution in [3.8, 4) is 0 Å². The largest absolute Gasteiger partial charge is 0.465 e. The van der Waals surface area contributed by atoms with Crippen molar-refractivity contribution in [3.05, 3.63) is 60.3 Å². The number of carbonyl (C=O) groups excluding carboxylic acids is 3. The molecule has 0 unspecified atom stereocenters. The van der Waals surface area contributed by atoms with Gasteiger partial charge in [0.2, 0.25) is 17.7 Å². The molecule has 1 aromatic carbocycles. The fourth-order valence-corrected chi connectivity index (χ4v) is 3.83. The van der Waals surface area contributed by atoms with Crippen LogP contribution in [-0.2, 0) is 14.4 Å². The van der Waals surface area contributed by atoms with Crippen molar-refractivity contribution < 1.29 is 23.2 Å². The van der Waals surface area contributed by atoms with Gasteiger partial charge in [-0.3, -0.25) is 14.4 Å². The van der Waals surface area contributed by atoms with E-state index in [1.165, 1.54) is 23.3 Å². The number of hydrogen-bond acceptors (Lipinski definition) is 4. The molecule has 0 aliphatic carbocycles. The van der Waals surface area contributed by atoms with Crippen molar-refractivity contribution >= 4 is 29.5 Å². The van der Waals surface area contributed by atoms with Crippen LogP contribution in [-0.4, -0.2) is 60.2 Å². The van der Waals surface area contributed by atoms with Crippen LogP contribution in [0, 0.1) is 11.7 Å². The Bertz CT molecular complexity index is 965. The molecule has 156 valence electrons. The Labute approximate surface area is 173 Å². The molecule has 0 radical (unpaired) electrons. The van der Waals surface area contributed by atoms with E-state index in [4.69, 9.17) is 4.42 Å². The molecule has 3 amide bonds. The van der Waals surface area contributed by atoms with E-state index < -0.39 is 11.7 Å². The first-order chi connectivity index (χ1) is 14.5. The monoisotopic (exact) mass is 411 g/mol. The fraction of sp³-hybridized carbons (Fsp3) is 0.318. The van der Waals surface area contributed by atoms with Crippen molar-refractivity contribution in [1.82, 2.24) is 9.80 Å². The lowest BCUT2D eigenvalue weighted by molar-refractivity contribution is -0.140. The Hall–Kier alpha value is -3.42. The molecule has 2 aliphatic rings. The first-order valence-corrected chi connectivity index (χ1v) is 9.87. The van der Waals surface area contributed by atoms with Gasteiger partial charge in [-0.1, -0.05) is 12.1 Å². The van der Waals surface area contributed by atoms with Crippen molar-refractivity contribution in [1.29, 1.82) is 0 Å². The summed E-state index contributed by atoms with van der Waals surface area (Å²) >= 11 is 0. The predicted octanol–water partition coefficient (Wildman–Crippen LogP) is 2.16. The number of amides is 3. The third kappa shape index (κ3) is 4.12. The zero-order valence-electron chi connectivity index (χ0n) is 16.4. The number of rotatable bonds is 4. The second kappa shape index (κ2) is 8.52. The smallest absolute Gasteiger partial charge is 0.246 e. The molecular weight excluding hydrogens is 389 g/mol. The van der Waals surface area contributed by atoms with E-state index in [0.717, 1.165) is 0 Å². The van der Waals surface area contributed by atoms with Crippen molar-refractivity contribution in [2.45, 2.75) is 6.42 Å². The molecular formula is C22H22FN3O4. The summed E-state index contributed by atoms with van der Waals surface area (Å²) in [7, 11) is 0. The number of nitrogens with zero attached hydrogens (tertiary/aromatic N) is 3. The van der Waals surface area contributed by atoms with Gasteiger partial charge in [0.25, 0.3) is 0 Å². The van der Waals surface area contributed by atoms with E-state index in [9.17, 15) is 18.8 Å². The van der Waals surface area contributed by atoms with E-state index in [0.29, 0.717) is 31.9 Å². The summed E-state index contributed by atoms with van der Waals surface area (Å²) in [4.78, 5) is 42.3. The Kier molecular flexibility index (Phi) is 5.65. The summed E-state index contributed by atoms with van der Waals surface area (Å²) in [5, 5.41) is 0. The third-order valence-electron chi connectivity index (χ3n) is 5.45. The minimum absolute atomic E-state index is 0.0677. The van der Waals surface area contributed by atoms with Gasteiger partial charge in [0.15, 0.2) is 0 Å². The summed E-state index contributed by atoms with van der Waals surface area (Å²) in [6, 6.07) is 9.57. The maximum atomic E-state index is 14.0. The molecule has 0 bridgehead atoms. The molecule has 0 spiro atoms. The summed E-state index contributed by atoms with van der Waals surface area (Å²) in [6.45, 7) is 1.83. The minimum atomic E-state index is -0.502. The van der Waals surface area contributed by atoms with Gasteiger partial charge in [0.1, 0.15) is 11.6 Å². The van der Waals surface area contributed by atoms with Crippen LogP contribution in [0.4, 0.5) is 10.1 Å². The highest BCUT2D eigenvalue weighted by molar-refractivity contribution is 6.00. The lowest BCUT2D eigenvalue weighted by Crippen LogP contribution is -2.51. The molecule has 1 atom stereocenters. The summed E-state index contributed by atoms with van der Waals surface area (Å²) < 4.78 is 19.2. The predicted molar refractivity (Wildman–Crippen MR) is 108 cm³/mol. The first kappa shape index (κ1) is 19.9. The number of carbonyl (C=O) groups is 3. The zero-order valence-corrected chi connectivity index (χ0v) is 16.4. The number of piperazine rings is 1. The highest BCUT2D eigenvalue weighted by Crippen LogP contribution is 2.28. The van der Waals surface area contributed by atoms with E-state index in [2.05, 4.69) is 0 Å². The van der Waals surface area contributed by atoms with Crippen LogP contribution in [0.3, 0.4) is 0 Å². The average molecular weight is 411 g/mol. The second-order valence-corrected chi connectivity index (χ2v) is 7.36. The van der Waals surface area contributed by atoms with Gasteiger partial charge in [-0.15, -0.1) is 0 Å². The molecule has 2 aromatic rings. The van der Waals surface area contributed by atoms with Crippen molar-refractivity contribution in [2.75, 3.05) is 37.6 Å². The topological polar surface area (TPSA) is 74.1 Å². The van der Waals surface area contributed by atoms with Gasteiger partial charge >= 0.3 is 0 Å². The molecule has 30 heavy (non-hydrogen) atoms. The van der Waals surface area contributed by atoms with Crippen LogP contribution in [0.5, 0.6) is 0 Å². The molecule has 1 aromatic heterocycles. The number of benzene rings is 1. The molecule has 0 saturated carbocycles. The molecule has 7 nitrogen and oxygen atoms in total. The van der Waals surface area contributed by atoms with E-state index in [1.54, 1.807) is 46.2 Å². The SMILES string of the molecule is O=C(/C=C/c1ccco1)N1CCN(C(=O)[C@@H]2CC(=O)N(c3ccccc3F)C2)CC1. The number of furan rings is 1. The van der Waals surface area contributed by atoms with Gasteiger partial charge in [0, 0.05) is 45.2 Å². The zero-order chi connectivity index (χ0) is 21.1. The normalized spacial score (nSPS) is 19.7. The maximum absolute atomic E-state index is 14.0. The maximum Gasteiger partial charge on any atom is 0.246 e. The molecule has 2 fully saturated rings. The van der Waals surface area contributed by atoms with Gasteiger partial charge in [-0.05, 0) is 30.3 Å². The highest BCUT2D eigenvalue weighted by Gasteiger charge is 2.38. The lowest BCUT2D eigenvalue weighted by atomic mass is 10.1. The molecule has 2 aliphatic heterocycles. The van der Waals surface area contributed by atoms with E-state index >= 15 is 0 Å². The molecule has 0 N–H and O–H groups in total. The lowest BCUT2D eigenvalue weighted by Gasteiger charge is -2.35. The fourth-order valence-electron chi connectivity index (χ4n) is 3.83.